The fourth-order valence-electron chi connectivity index (χ4n) is 1.73. The molecule has 0 bridgehead atoms. The lowest BCUT2D eigenvalue weighted by molar-refractivity contribution is 0.00199. The largest absolute Gasteiger partial charge is 0.372 e. The Kier molecular flexibility index (Phi) is 5.30. The molecule has 5 heteroatoms. The Balaban J connectivity index is 2.76. The van der Waals surface area contributed by atoms with Crippen LogP contribution >= 0.6 is 0 Å². The highest BCUT2D eigenvalue weighted by Crippen LogP contribution is 2.26. The first-order valence-corrected chi connectivity index (χ1v) is 6.23. The minimum Gasteiger partial charge on any atom is -0.372 e. The summed E-state index contributed by atoms with van der Waals surface area (Å²) in [5.74, 6) is -0.349. The summed E-state index contributed by atoms with van der Waals surface area (Å²) in [4.78, 5) is 11.6. The molecule has 0 saturated carbocycles. The van der Waals surface area contributed by atoms with E-state index in [9.17, 15) is 9.18 Å². The zero-order chi connectivity index (χ0) is 14.5. The van der Waals surface area contributed by atoms with Gasteiger partial charge in [-0.25, -0.2) is 9.18 Å². The minimum atomic E-state index is -0.903. The molecule has 1 aromatic rings. The van der Waals surface area contributed by atoms with E-state index in [2.05, 4.69) is 10.6 Å². The van der Waals surface area contributed by atoms with Crippen molar-refractivity contribution in [3.8, 4) is 0 Å². The number of amides is 2. The molecule has 2 N–H and O–H groups in total. The zero-order valence-corrected chi connectivity index (χ0v) is 11.8. The molecule has 2 amide bonds. The van der Waals surface area contributed by atoms with E-state index < -0.39 is 5.60 Å². The monoisotopic (exact) mass is 268 g/mol. The normalized spacial score (nSPS) is 14.0. The molecular formula is C14H21FN2O2. The summed E-state index contributed by atoms with van der Waals surface area (Å²) >= 11 is 0. The third-order valence-electron chi connectivity index (χ3n) is 2.90. The zero-order valence-electron chi connectivity index (χ0n) is 11.8. The molecule has 0 radical (unpaired) electrons. The number of ether oxygens (including phenoxy) is 1. The molecule has 0 spiro atoms. The molecule has 0 aliphatic carbocycles. The fourth-order valence-corrected chi connectivity index (χ4v) is 1.73. The molecule has 0 fully saturated rings. The maximum absolute atomic E-state index is 13.8. The van der Waals surface area contributed by atoms with E-state index in [-0.39, 0.29) is 24.4 Å². The molecule has 0 aliphatic heterocycles. The quantitative estimate of drug-likeness (QED) is 0.861. The second-order valence-corrected chi connectivity index (χ2v) is 4.90. The lowest BCUT2D eigenvalue weighted by Crippen LogP contribution is -2.46. The number of halogens is 1. The Bertz CT molecular complexity index is 437. The first kappa shape index (κ1) is 15.4. The second-order valence-electron chi connectivity index (χ2n) is 4.90. The second kappa shape index (κ2) is 6.52. The summed E-state index contributed by atoms with van der Waals surface area (Å²) in [5, 5.41) is 5.40. The highest BCUT2D eigenvalue weighted by molar-refractivity contribution is 5.74. The van der Waals surface area contributed by atoms with Crippen LogP contribution < -0.4 is 10.6 Å². The van der Waals surface area contributed by atoms with Crippen LogP contribution in [-0.4, -0.2) is 25.7 Å². The van der Waals surface area contributed by atoms with E-state index in [1.165, 1.54) is 13.2 Å². The first-order chi connectivity index (χ1) is 8.89. The van der Waals surface area contributed by atoms with Crippen molar-refractivity contribution in [2.24, 2.45) is 0 Å². The lowest BCUT2D eigenvalue weighted by atomic mass is 9.95. The highest BCUT2D eigenvalue weighted by atomic mass is 19.1. The van der Waals surface area contributed by atoms with Crippen LogP contribution in [0, 0.1) is 5.82 Å². The third kappa shape index (κ3) is 4.21. The van der Waals surface area contributed by atoms with Crippen molar-refractivity contribution < 1.29 is 13.9 Å². The van der Waals surface area contributed by atoms with Crippen molar-refractivity contribution in [1.29, 1.82) is 0 Å². The summed E-state index contributed by atoms with van der Waals surface area (Å²) in [5.41, 5.74) is -0.484. The van der Waals surface area contributed by atoms with Crippen molar-refractivity contribution in [2.75, 3.05) is 13.7 Å². The molecule has 1 rings (SSSR count). The van der Waals surface area contributed by atoms with Crippen LogP contribution in [-0.2, 0) is 10.3 Å². The molecule has 1 aromatic carbocycles. The summed E-state index contributed by atoms with van der Waals surface area (Å²) in [6, 6.07) is 6.14. The van der Waals surface area contributed by atoms with Gasteiger partial charge in [0.1, 0.15) is 11.4 Å². The van der Waals surface area contributed by atoms with Gasteiger partial charge in [-0.1, -0.05) is 18.2 Å². The van der Waals surface area contributed by atoms with Gasteiger partial charge in [-0.05, 0) is 26.8 Å². The van der Waals surface area contributed by atoms with Crippen LogP contribution in [0.3, 0.4) is 0 Å². The van der Waals surface area contributed by atoms with Crippen molar-refractivity contribution in [2.45, 2.75) is 32.4 Å². The molecule has 0 unspecified atom stereocenters. The van der Waals surface area contributed by atoms with Gasteiger partial charge in [0.05, 0.1) is 6.54 Å². The predicted octanol–water partition coefficient (Wildman–Crippen LogP) is 2.39. The number of rotatable bonds is 5. The molecule has 19 heavy (non-hydrogen) atoms. The number of hydrogen-bond acceptors (Lipinski definition) is 2. The highest BCUT2D eigenvalue weighted by Gasteiger charge is 2.29. The average Bonchev–Trinajstić information content (AvgIpc) is 2.36. The van der Waals surface area contributed by atoms with E-state index in [1.807, 2.05) is 13.8 Å². The Hall–Kier alpha value is -1.62. The molecule has 1 atom stereocenters. The molecule has 106 valence electrons. The summed E-state index contributed by atoms with van der Waals surface area (Å²) in [6.45, 7) is 5.65. The number of carbonyl (C=O) groups excluding carboxylic acids is 1. The molecule has 0 heterocycles. The van der Waals surface area contributed by atoms with Gasteiger partial charge < -0.3 is 15.4 Å². The van der Waals surface area contributed by atoms with Gasteiger partial charge in [0, 0.05) is 18.7 Å². The van der Waals surface area contributed by atoms with Crippen LogP contribution in [0.2, 0.25) is 0 Å². The standard InChI is InChI=1S/C14H21FN2O2/c1-10(2)17-13(18)16-9-14(3,19-4)11-7-5-6-8-12(11)15/h5-8,10H,9H2,1-4H3,(H2,16,17,18)/t14-/m0/s1. The summed E-state index contributed by atoms with van der Waals surface area (Å²) in [7, 11) is 1.49. The van der Waals surface area contributed by atoms with Crippen LogP contribution in [0.25, 0.3) is 0 Å². The van der Waals surface area contributed by atoms with Crippen LogP contribution in [0.1, 0.15) is 26.3 Å². The smallest absolute Gasteiger partial charge is 0.315 e. The van der Waals surface area contributed by atoms with Gasteiger partial charge in [-0.2, -0.15) is 0 Å². The SMILES string of the molecule is CO[C@@](C)(CNC(=O)NC(C)C)c1ccccc1F. The van der Waals surface area contributed by atoms with E-state index in [4.69, 9.17) is 4.74 Å². The van der Waals surface area contributed by atoms with Crippen LogP contribution in [0.5, 0.6) is 0 Å². The van der Waals surface area contributed by atoms with Crippen molar-refractivity contribution in [1.82, 2.24) is 10.6 Å². The number of benzene rings is 1. The van der Waals surface area contributed by atoms with Crippen molar-refractivity contribution in [3.05, 3.63) is 35.6 Å². The minimum absolute atomic E-state index is 0.0438. The molecule has 4 nitrogen and oxygen atoms in total. The van der Waals surface area contributed by atoms with Crippen molar-refractivity contribution >= 4 is 6.03 Å². The molecule has 0 aliphatic rings. The van der Waals surface area contributed by atoms with Gasteiger partial charge in [0.2, 0.25) is 0 Å². The number of methoxy groups -OCH3 is 1. The third-order valence-corrected chi connectivity index (χ3v) is 2.90. The van der Waals surface area contributed by atoms with Gasteiger partial charge in [-0.3, -0.25) is 0 Å². The molecular weight excluding hydrogens is 247 g/mol. The lowest BCUT2D eigenvalue weighted by Gasteiger charge is -2.29. The van der Waals surface area contributed by atoms with E-state index in [1.54, 1.807) is 25.1 Å². The Morgan fingerprint density at radius 3 is 2.58 bits per heavy atom. The van der Waals surface area contributed by atoms with E-state index >= 15 is 0 Å². The van der Waals surface area contributed by atoms with Crippen LogP contribution in [0.4, 0.5) is 9.18 Å². The predicted molar refractivity (Wildman–Crippen MR) is 72.4 cm³/mol. The number of hydrogen-bond donors (Lipinski definition) is 2. The van der Waals surface area contributed by atoms with Gasteiger partial charge in [0.15, 0.2) is 0 Å². The van der Waals surface area contributed by atoms with Gasteiger partial charge in [-0.15, -0.1) is 0 Å². The maximum Gasteiger partial charge on any atom is 0.315 e. The Morgan fingerprint density at radius 2 is 2.05 bits per heavy atom. The summed E-state index contributed by atoms with van der Waals surface area (Å²) < 4.78 is 19.2. The van der Waals surface area contributed by atoms with E-state index in [0.29, 0.717) is 5.56 Å². The number of urea groups is 1. The number of nitrogens with one attached hydrogen (secondary N) is 2. The molecule has 0 aromatic heterocycles. The Morgan fingerprint density at radius 1 is 1.42 bits per heavy atom. The topological polar surface area (TPSA) is 50.4 Å². The van der Waals surface area contributed by atoms with E-state index in [0.717, 1.165) is 0 Å². The summed E-state index contributed by atoms with van der Waals surface area (Å²) in [6.07, 6.45) is 0. The van der Waals surface area contributed by atoms with Crippen LogP contribution in [0.15, 0.2) is 24.3 Å². The van der Waals surface area contributed by atoms with Crippen molar-refractivity contribution in [3.63, 3.8) is 0 Å². The van der Waals surface area contributed by atoms with Gasteiger partial charge >= 0.3 is 6.03 Å². The van der Waals surface area contributed by atoms with Gasteiger partial charge in [0.25, 0.3) is 0 Å². The maximum atomic E-state index is 13.8. The Labute approximate surface area is 113 Å². The fraction of sp³-hybridized carbons (Fsp3) is 0.500. The number of carbonyl (C=O) groups is 1. The average molecular weight is 268 g/mol. The first-order valence-electron chi connectivity index (χ1n) is 6.23. The molecule has 0 saturated heterocycles.